The van der Waals surface area contributed by atoms with Crippen LogP contribution in [0.1, 0.15) is 0 Å². The van der Waals surface area contributed by atoms with Gasteiger partial charge < -0.3 is 4.74 Å². The van der Waals surface area contributed by atoms with Crippen LogP contribution >= 0.6 is 0 Å². The number of para-hydroxylation sites is 1. The molecule has 1 nitrogen and oxygen atoms in total. The standard InChI is InChI=1S/C42H24O/c1-2-16-38-34(9-1)36-15-6-14-35-33(23-24-39(43-38)42(35)36)31-13-5-10-28-29(31)11-4-12-30(28)32-21-19-27-18-17-25-7-3-8-26-20-22-37(32)41(27)40(25)26/h1-24H. The van der Waals surface area contributed by atoms with E-state index in [2.05, 4.69) is 140 Å². The van der Waals surface area contributed by atoms with Crippen molar-refractivity contribution in [3.8, 4) is 44.9 Å². The molecule has 1 heteroatoms. The van der Waals surface area contributed by atoms with Crippen molar-refractivity contribution in [3.05, 3.63) is 146 Å². The molecule has 1 aliphatic rings. The zero-order valence-corrected chi connectivity index (χ0v) is 23.3. The lowest BCUT2D eigenvalue weighted by molar-refractivity contribution is 0.487. The van der Waals surface area contributed by atoms with E-state index in [0.29, 0.717) is 0 Å². The molecule has 0 fully saturated rings. The summed E-state index contributed by atoms with van der Waals surface area (Å²) >= 11 is 0. The second kappa shape index (κ2) is 8.44. The molecular formula is C42H24O. The summed E-state index contributed by atoms with van der Waals surface area (Å²) in [5, 5.41) is 12.8. The number of hydrogen-bond acceptors (Lipinski definition) is 1. The molecule has 9 aromatic carbocycles. The molecule has 0 amide bonds. The quantitative estimate of drug-likeness (QED) is 0.197. The van der Waals surface area contributed by atoms with Crippen LogP contribution in [0.25, 0.3) is 87.2 Å². The van der Waals surface area contributed by atoms with Crippen LogP contribution in [0.4, 0.5) is 0 Å². The lowest BCUT2D eigenvalue weighted by atomic mass is 9.86. The van der Waals surface area contributed by atoms with E-state index in [1.807, 2.05) is 6.07 Å². The van der Waals surface area contributed by atoms with Gasteiger partial charge in [0, 0.05) is 10.9 Å². The minimum atomic E-state index is 0.915. The fourth-order valence-electron chi connectivity index (χ4n) is 7.57. The van der Waals surface area contributed by atoms with E-state index in [1.54, 1.807) is 0 Å². The first kappa shape index (κ1) is 23.0. The van der Waals surface area contributed by atoms with Crippen LogP contribution in [0.3, 0.4) is 0 Å². The van der Waals surface area contributed by atoms with Gasteiger partial charge in [0.15, 0.2) is 0 Å². The van der Waals surface area contributed by atoms with Gasteiger partial charge in [-0.1, -0.05) is 133 Å². The second-order valence-corrected chi connectivity index (χ2v) is 11.6. The highest BCUT2D eigenvalue weighted by Crippen LogP contribution is 2.49. The minimum Gasteiger partial charge on any atom is -0.456 e. The van der Waals surface area contributed by atoms with Crippen molar-refractivity contribution in [2.75, 3.05) is 0 Å². The topological polar surface area (TPSA) is 9.23 Å². The molecular weight excluding hydrogens is 520 g/mol. The summed E-state index contributed by atoms with van der Waals surface area (Å²) in [6, 6.07) is 53.1. The third-order valence-corrected chi connectivity index (χ3v) is 9.43. The predicted octanol–water partition coefficient (Wildman–Crippen LogP) is 12.0. The second-order valence-electron chi connectivity index (χ2n) is 11.6. The maximum absolute atomic E-state index is 6.39. The summed E-state index contributed by atoms with van der Waals surface area (Å²) in [5.74, 6) is 1.83. The van der Waals surface area contributed by atoms with Crippen molar-refractivity contribution in [3.63, 3.8) is 0 Å². The smallest absolute Gasteiger partial charge is 0.135 e. The van der Waals surface area contributed by atoms with Gasteiger partial charge in [-0.15, -0.1) is 0 Å². The molecule has 0 aromatic heterocycles. The molecule has 0 N–H and O–H groups in total. The van der Waals surface area contributed by atoms with E-state index >= 15 is 0 Å². The van der Waals surface area contributed by atoms with E-state index in [9.17, 15) is 0 Å². The number of ether oxygens (including phenoxy) is 1. The minimum absolute atomic E-state index is 0.915. The van der Waals surface area contributed by atoms with Gasteiger partial charge in [-0.3, -0.25) is 0 Å². The van der Waals surface area contributed by atoms with Crippen molar-refractivity contribution in [1.82, 2.24) is 0 Å². The van der Waals surface area contributed by atoms with Crippen LogP contribution < -0.4 is 4.74 Å². The number of fused-ring (bicyclic) bond motifs is 3. The summed E-state index contributed by atoms with van der Waals surface area (Å²) in [6.07, 6.45) is 0. The van der Waals surface area contributed by atoms with Crippen molar-refractivity contribution in [1.29, 1.82) is 0 Å². The van der Waals surface area contributed by atoms with Crippen LogP contribution in [0.5, 0.6) is 11.5 Å². The fraction of sp³-hybridized carbons (Fsp3) is 0. The Morgan fingerprint density at radius 1 is 0.256 bits per heavy atom. The van der Waals surface area contributed by atoms with Gasteiger partial charge in [-0.05, 0) is 88.4 Å². The summed E-state index contributed by atoms with van der Waals surface area (Å²) < 4.78 is 6.39. The summed E-state index contributed by atoms with van der Waals surface area (Å²) in [4.78, 5) is 0. The molecule has 198 valence electrons. The maximum Gasteiger partial charge on any atom is 0.135 e. The summed E-state index contributed by atoms with van der Waals surface area (Å²) in [6.45, 7) is 0. The van der Waals surface area contributed by atoms with E-state index < -0.39 is 0 Å². The molecule has 43 heavy (non-hydrogen) atoms. The first-order valence-corrected chi connectivity index (χ1v) is 14.9. The monoisotopic (exact) mass is 544 g/mol. The lowest BCUT2D eigenvalue weighted by Crippen LogP contribution is -1.97. The fourth-order valence-corrected chi connectivity index (χ4v) is 7.57. The summed E-state index contributed by atoms with van der Waals surface area (Å²) in [7, 11) is 0. The molecule has 9 aromatic rings. The van der Waals surface area contributed by atoms with E-state index in [-0.39, 0.29) is 0 Å². The zero-order valence-electron chi connectivity index (χ0n) is 23.3. The van der Waals surface area contributed by atoms with Crippen molar-refractivity contribution in [2.24, 2.45) is 0 Å². The molecule has 1 heterocycles. The Hall–Kier alpha value is -5.66. The van der Waals surface area contributed by atoms with E-state index in [0.717, 1.165) is 17.1 Å². The molecule has 0 saturated carbocycles. The predicted molar refractivity (Wildman–Crippen MR) is 182 cm³/mol. The molecule has 0 bridgehead atoms. The molecule has 0 unspecified atom stereocenters. The Bertz CT molecular complexity index is 2570. The Balaban J connectivity index is 1.23. The largest absolute Gasteiger partial charge is 0.456 e. The van der Waals surface area contributed by atoms with Gasteiger partial charge in [-0.2, -0.15) is 0 Å². The third-order valence-electron chi connectivity index (χ3n) is 9.43. The van der Waals surface area contributed by atoms with Gasteiger partial charge in [0.1, 0.15) is 11.5 Å². The zero-order chi connectivity index (χ0) is 28.1. The molecule has 1 aliphatic heterocycles. The molecule has 0 atom stereocenters. The van der Waals surface area contributed by atoms with Gasteiger partial charge in [-0.25, -0.2) is 0 Å². The Labute approximate surface area is 248 Å². The lowest BCUT2D eigenvalue weighted by Gasteiger charge is -2.23. The highest BCUT2D eigenvalue weighted by atomic mass is 16.5. The van der Waals surface area contributed by atoms with Crippen LogP contribution in [0.15, 0.2) is 146 Å². The Kier molecular flexibility index (Phi) is 4.51. The SMILES string of the molecule is c1ccc2c(c1)Oc1ccc(-c3cccc4c(-c5ccc6ccc7cccc8ccc5c6c78)cccc34)c3cccc-2c13. The third kappa shape index (κ3) is 3.11. The number of hydrogen-bond donors (Lipinski definition) is 0. The van der Waals surface area contributed by atoms with Gasteiger partial charge >= 0.3 is 0 Å². The molecule has 0 radical (unpaired) electrons. The molecule has 0 saturated heterocycles. The average Bonchev–Trinajstić information content (AvgIpc) is 3.07. The van der Waals surface area contributed by atoms with Gasteiger partial charge in [0.25, 0.3) is 0 Å². The normalized spacial score (nSPS) is 12.4. The highest BCUT2D eigenvalue weighted by molar-refractivity contribution is 6.26. The molecule has 10 rings (SSSR count). The molecule has 0 aliphatic carbocycles. The average molecular weight is 545 g/mol. The van der Waals surface area contributed by atoms with Gasteiger partial charge in [0.2, 0.25) is 0 Å². The van der Waals surface area contributed by atoms with Crippen molar-refractivity contribution in [2.45, 2.75) is 0 Å². The summed E-state index contributed by atoms with van der Waals surface area (Å²) in [5.41, 5.74) is 7.37. The van der Waals surface area contributed by atoms with Crippen molar-refractivity contribution < 1.29 is 4.74 Å². The van der Waals surface area contributed by atoms with Crippen LogP contribution in [0.2, 0.25) is 0 Å². The van der Waals surface area contributed by atoms with Crippen molar-refractivity contribution >= 4 is 53.9 Å². The van der Waals surface area contributed by atoms with E-state index in [4.69, 9.17) is 4.74 Å². The number of benzene rings is 9. The number of rotatable bonds is 2. The first-order chi connectivity index (χ1) is 21.3. The van der Waals surface area contributed by atoms with Crippen LogP contribution in [-0.4, -0.2) is 0 Å². The van der Waals surface area contributed by atoms with Gasteiger partial charge in [0.05, 0.1) is 0 Å². The van der Waals surface area contributed by atoms with Crippen LogP contribution in [-0.2, 0) is 0 Å². The van der Waals surface area contributed by atoms with E-state index in [1.165, 1.54) is 81.7 Å². The first-order valence-electron chi connectivity index (χ1n) is 14.9. The Morgan fingerprint density at radius 3 is 1.53 bits per heavy atom. The highest BCUT2D eigenvalue weighted by Gasteiger charge is 2.22. The maximum atomic E-state index is 6.39. The Morgan fingerprint density at radius 2 is 0.767 bits per heavy atom. The molecule has 0 spiro atoms. The van der Waals surface area contributed by atoms with Crippen LogP contribution in [0, 0.1) is 0 Å².